The van der Waals surface area contributed by atoms with Gasteiger partial charge in [0.15, 0.2) is 5.82 Å². The Kier molecular flexibility index (Phi) is 3.77. The van der Waals surface area contributed by atoms with E-state index in [9.17, 15) is 0 Å². The first-order valence-electron chi connectivity index (χ1n) is 5.78. The van der Waals surface area contributed by atoms with Crippen LogP contribution in [0.1, 0.15) is 56.1 Å². The van der Waals surface area contributed by atoms with E-state index in [0.717, 1.165) is 5.69 Å². The number of hydrogen-bond acceptors (Lipinski definition) is 3. The van der Waals surface area contributed by atoms with Crippen LogP contribution in [-0.2, 0) is 4.74 Å². The number of rotatable bonds is 3. The number of aromatic nitrogens is 2. The first kappa shape index (κ1) is 11.8. The molecule has 0 bridgehead atoms. The molecule has 1 aliphatic rings. The fourth-order valence-corrected chi connectivity index (χ4v) is 2.37. The van der Waals surface area contributed by atoms with Gasteiger partial charge in [0.1, 0.15) is 11.3 Å². The van der Waals surface area contributed by atoms with Crippen molar-refractivity contribution in [3.05, 3.63) is 22.7 Å². The van der Waals surface area contributed by atoms with E-state index in [1.54, 1.807) is 7.11 Å². The summed E-state index contributed by atoms with van der Waals surface area (Å²) in [5.74, 6) is 1.25. The van der Waals surface area contributed by atoms with Crippen LogP contribution in [0, 0.1) is 0 Å². The minimum atomic E-state index is -0.0983. The molecule has 88 valence electrons. The van der Waals surface area contributed by atoms with Gasteiger partial charge in [0.2, 0.25) is 0 Å². The van der Waals surface area contributed by atoms with Crippen LogP contribution in [0.15, 0.2) is 6.07 Å². The summed E-state index contributed by atoms with van der Waals surface area (Å²) in [5, 5.41) is 0.524. The average Bonchev–Trinajstić information content (AvgIpc) is 2.80. The SMILES string of the molecule is CO[C@H](C)c1nc(Cl)cc(C2CCCC2)n1. The summed E-state index contributed by atoms with van der Waals surface area (Å²) in [5.41, 5.74) is 1.08. The second-order valence-electron chi connectivity index (χ2n) is 4.33. The highest BCUT2D eigenvalue weighted by Gasteiger charge is 2.20. The molecule has 0 amide bonds. The molecule has 1 saturated carbocycles. The quantitative estimate of drug-likeness (QED) is 0.759. The van der Waals surface area contributed by atoms with Crippen molar-refractivity contribution in [3.8, 4) is 0 Å². The number of hydrogen-bond donors (Lipinski definition) is 0. The molecule has 1 aliphatic carbocycles. The van der Waals surface area contributed by atoms with Gasteiger partial charge >= 0.3 is 0 Å². The molecule has 0 spiro atoms. The standard InChI is InChI=1S/C12H17ClN2O/c1-8(16-2)12-14-10(7-11(13)15-12)9-5-3-4-6-9/h7-9H,3-6H2,1-2H3/t8-/m1/s1. The van der Waals surface area contributed by atoms with Crippen molar-refractivity contribution < 1.29 is 4.74 Å². The largest absolute Gasteiger partial charge is 0.374 e. The molecule has 1 aromatic rings. The lowest BCUT2D eigenvalue weighted by Crippen LogP contribution is -2.07. The summed E-state index contributed by atoms with van der Waals surface area (Å²) in [6.45, 7) is 1.93. The number of halogens is 1. The van der Waals surface area contributed by atoms with Crippen molar-refractivity contribution in [3.63, 3.8) is 0 Å². The molecule has 1 aromatic heterocycles. The molecule has 2 rings (SSSR count). The molecule has 4 heteroatoms. The van der Waals surface area contributed by atoms with Crippen LogP contribution in [0.4, 0.5) is 0 Å². The third-order valence-electron chi connectivity index (χ3n) is 3.22. The highest BCUT2D eigenvalue weighted by Crippen LogP contribution is 2.34. The zero-order chi connectivity index (χ0) is 11.5. The third kappa shape index (κ3) is 2.53. The van der Waals surface area contributed by atoms with E-state index in [0.29, 0.717) is 16.9 Å². The van der Waals surface area contributed by atoms with Crippen LogP contribution < -0.4 is 0 Å². The highest BCUT2D eigenvalue weighted by atomic mass is 35.5. The van der Waals surface area contributed by atoms with Gasteiger partial charge in [-0.25, -0.2) is 9.97 Å². The lowest BCUT2D eigenvalue weighted by atomic mass is 10.0. The lowest BCUT2D eigenvalue weighted by molar-refractivity contribution is 0.111. The van der Waals surface area contributed by atoms with Crippen molar-refractivity contribution in [2.75, 3.05) is 7.11 Å². The van der Waals surface area contributed by atoms with E-state index in [4.69, 9.17) is 16.3 Å². The summed E-state index contributed by atoms with van der Waals surface area (Å²) in [4.78, 5) is 8.77. The minimum Gasteiger partial charge on any atom is -0.374 e. The predicted molar refractivity (Wildman–Crippen MR) is 63.7 cm³/mol. The van der Waals surface area contributed by atoms with Crippen molar-refractivity contribution >= 4 is 11.6 Å². The summed E-state index contributed by atoms with van der Waals surface area (Å²) in [6.07, 6.45) is 4.92. The lowest BCUT2D eigenvalue weighted by Gasteiger charge is -2.13. The second kappa shape index (κ2) is 5.11. The molecule has 0 radical (unpaired) electrons. The van der Waals surface area contributed by atoms with Crippen LogP contribution in [0.2, 0.25) is 5.15 Å². The molecular formula is C12H17ClN2O. The van der Waals surface area contributed by atoms with Crippen molar-refractivity contribution in [1.82, 2.24) is 9.97 Å². The highest BCUT2D eigenvalue weighted by molar-refractivity contribution is 6.29. The van der Waals surface area contributed by atoms with E-state index in [1.165, 1.54) is 25.7 Å². The van der Waals surface area contributed by atoms with Gasteiger partial charge in [-0.05, 0) is 25.8 Å². The fraction of sp³-hybridized carbons (Fsp3) is 0.667. The molecule has 1 atom stereocenters. The van der Waals surface area contributed by atoms with Crippen LogP contribution in [0.25, 0.3) is 0 Å². The normalized spacial score (nSPS) is 18.9. The van der Waals surface area contributed by atoms with E-state index in [1.807, 2.05) is 13.0 Å². The summed E-state index contributed by atoms with van der Waals surface area (Å²) >= 11 is 6.02. The number of nitrogens with zero attached hydrogens (tertiary/aromatic N) is 2. The predicted octanol–water partition coefficient (Wildman–Crippen LogP) is 3.50. The number of ether oxygens (including phenoxy) is 1. The van der Waals surface area contributed by atoms with Gasteiger partial charge in [-0.2, -0.15) is 0 Å². The van der Waals surface area contributed by atoms with Gasteiger partial charge in [0.25, 0.3) is 0 Å². The van der Waals surface area contributed by atoms with Crippen LogP contribution in [-0.4, -0.2) is 17.1 Å². The fourth-order valence-electron chi connectivity index (χ4n) is 2.17. The summed E-state index contributed by atoms with van der Waals surface area (Å²) in [7, 11) is 1.66. The number of methoxy groups -OCH3 is 1. The smallest absolute Gasteiger partial charge is 0.158 e. The van der Waals surface area contributed by atoms with E-state index < -0.39 is 0 Å². The third-order valence-corrected chi connectivity index (χ3v) is 3.42. The van der Waals surface area contributed by atoms with Crippen LogP contribution >= 0.6 is 11.6 Å². The molecular weight excluding hydrogens is 224 g/mol. The monoisotopic (exact) mass is 240 g/mol. The maximum absolute atomic E-state index is 6.02. The molecule has 1 heterocycles. The maximum atomic E-state index is 6.02. The van der Waals surface area contributed by atoms with Crippen molar-refractivity contribution in [2.24, 2.45) is 0 Å². The van der Waals surface area contributed by atoms with Crippen molar-refractivity contribution in [1.29, 1.82) is 0 Å². The average molecular weight is 241 g/mol. The molecule has 0 aromatic carbocycles. The summed E-state index contributed by atoms with van der Waals surface area (Å²) in [6, 6.07) is 1.89. The van der Waals surface area contributed by atoms with Gasteiger partial charge in [-0.15, -0.1) is 0 Å². The maximum Gasteiger partial charge on any atom is 0.158 e. The Morgan fingerprint density at radius 2 is 2.06 bits per heavy atom. The van der Waals surface area contributed by atoms with Crippen molar-refractivity contribution in [2.45, 2.75) is 44.6 Å². The van der Waals surface area contributed by atoms with Gasteiger partial charge in [-0.3, -0.25) is 0 Å². The topological polar surface area (TPSA) is 35.0 Å². The Balaban J connectivity index is 2.27. The minimum absolute atomic E-state index is 0.0983. The Bertz CT molecular complexity index is 364. The Morgan fingerprint density at radius 3 is 2.69 bits per heavy atom. The van der Waals surface area contributed by atoms with E-state index in [2.05, 4.69) is 9.97 Å². The van der Waals surface area contributed by atoms with Gasteiger partial charge in [-0.1, -0.05) is 24.4 Å². The molecule has 16 heavy (non-hydrogen) atoms. The van der Waals surface area contributed by atoms with Gasteiger partial charge in [0, 0.05) is 18.7 Å². The van der Waals surface area contributed by atoms with Gasteiger partial charge < -0.3 is 4.74 Å². The first-order chi connectivity index (χ1) is 7.70. The summed E-state index contributed by atoms with van der Waals surface area (Å²) < 4.78 is 5.23. The molecule has 0 aliphatic heterocycles. The Hall–Kier alpha value is -0.670. The second-order valence-corrected chi connectivity index (χ2v) is 4.72. The Morgan fingerprint density at radius 1 is 1.38 bits per heavy atom. The molecule has 0 N–H and O–H groups in total. The molecule has 1 fully saturated rings. The molecule has 0 unspecified atom stereocenters. The zero-order valence-electron chi connectivity index (χ0n) is 9.74. The molecule has 0 saturated heterocycles. The Labute approximate surface area is 101 Å². The van der Waals surface area contributed by atoms with Crippen LogP contribution in [0.5, 0.6) is 0 Å². The van der Waals surface area contributed by atoms with E-state index in [-0.39, 0.29) is 6.10 Å². The van der Waals surface area contributed by atoms with E-state index >= 15 is 0 Å². The van der Waals surface area contributed by atoms with Gasteiger partial charge in [0.05, 0.1) is 0 Å². The van der Waals surface area contributed by atoms with Crippen LogP contribution in [0.3, 0.4) is 0 Å². The first-order valence-corrected chi connectivity index (χ1v) is 6.15. The molecule has 3 nitrogen and oxygen atoms in total. The zero-order valence-corrected chi connectivity index (χ0v) is 10.5.